The molecule has 0 aliphatic heterocycles. The predicted octanol–water partition coefficient (Wildman–Crippen LogP) is 3.18. The maximum Gasteiger partial charge on any atom is 0.191 e. The second-order valence-electron chi connectivity index (χ2n) is 6.64. The molecule has 0 aliphatic rings. The zero-order valence-electron chi connectivity index (χ0n) is 17.4. The van der Waals surface area contributed by atoms with Crippen molar-refractivity contribution in [2.75, 3.05) is 13.2 Å². The number of halogens is 1. The molecule has 8 nitrogen and oxygen atoms in total. The van der Waals surface area contributed by atoms with Crippen LogP contribution in [0.4, 0.5) is 0 Å². The van der Waals surface area contributed by atoms with Crippen LogP contribution in [0.1, 0.15) is 29.4 Å². The van der Waals surface area contributed by atoms with Crippen molar-refractivity contribution in [3.8, 4) is 0 Å². The Morgan fingerprint density at radius 3 is 2.67 bits per heavy atom. The van der Waals surface area contributed by atoms with Crippen LogP contribution in [0.25, 0.3) is 0 Å². The maximum atomic E-state index is 5.62. The highest BCUT2D eigenvalue weighted by Gasteiger charge is 2.06. The average Bonchev–Trinajstić information content (AvgIpc) is 3.37. The Kier molecular flexibility index (Phi) is 10.4. The van der Waals surface area contributed by atoms with Gasteiger partial charge in [0.1, 0.15) is 18.2 Å². The first-order valence-electron chi connectivity index (χ1n) is 9.73. The van der Waals surface area contributed by atoms with Gasteiger partial charge in [-0.1, -0.05) is 30.3 Å². The lowest BCUT2D eigenvalue weighted by Crippen LogP contribution is -2.38. The summed E-state index contributed by atoms with van der Waals surface area (Å²) >= 11 is 0. The van der Waals surface area contributed by atoms with Gasteiger partial charge in [-0.05, 0) is 31.0 Å². The highest BCUT2D eigenvalue weighted by Crippen LogP contribution is 2.02. The average molecular weight is 524 g/mol. The fraction of sp³-hybridized carbons (Fsp3) is 0.381. The standard InChI is InChI=1S/C21H28N6O2.HI/c1-17-25-26-20(27(17)2)15-24-21(23-14-18-8-4-3-5-9-18)22-11-7-12-28-16-19-10-6-13-29-19;/h3-6,8-10,13H,7,11-12,14-16H2,1-2H3,(H2,22,23,24);1H. The van der Waals surface area contributed by atoms with Crippen molar-refractivity contribution >= 4 is 29.9 Å². The molecule has 3 rings (SSSR count). The van der Waals surface area contributed by atoms with E-state index in [-0.39, 0.29) is 24.0 Å². The molecule has 0 atom stereocenters. The summed E-state index contributed by atoms with van der Waals surface area (Å²) in [7, 11) is 1.96. The molecule has 0 bridgehead atoms. The van der Waals surface area contributed by atoms with Crippen molar-refractivity contribution in [3.05, 3.63) is 71.7 Å². The van der Waals surface area contributed by atoms with E-state index in [1.54, 1.807) is 6.26 Å². The number of guanidine groups is 1. The van der Waals surface area contributed by atoms with Gasteiger partial charge in [0.25, 0.3) is 0 Å². The smallest absolute Gasteiger partial charge is 0.191 e. The molecule has 2 aromatic heterocycles. The number of aromatic nitrogens is 3. The molecule has 2 N–H and O–H groups in total. The lowest BCUT2D eigenvalue weighted by Gasteiger charge is -2.13. The van der Waals surface area contributed by atoms with Gasteiger partial charge in [0.2, 0.25) is 0 Å². The van der Waals surface area contributed by atoms with Crippen molar-refractivity contribution in [2.24, 2.45) is 12.0 Å². The van der Waals surface area contributed by atoms with E-state index in [0.717, 1.165) is 41.9 Å². The quantitative estimate of drug-likeness (QED) is 0.183. The molecule has 0 unspecified atom stereocenters. The number of furan rings is 1. The molecule has 1 aromatic carbocycles. The summed E-state index contributed by atoms with van der Waals surface area (Å²) in [4.78, 5) is 4.69. The Morgan fingerprint density at radius 1 is 1.13 bits per heavy atom. The van der Waals surface area contributed by atoms with Crippen LogP contribution in [0.3, 0.4) is 0 Å². The molecule has 9 heteroatoms. The molecule has 0 saturated carbocycles. The number of ether oxygens (including phenoxy) is 1. The van der Waals surface area contributed by atoms with Gasteiger partial charge >= 0.3 is 0 Å². The van der Waals surface area contributed by atoms with E-state index in [4.69, 9.17) is 9.15 Å². The van der Waals surface area contributed by atoms with Crippen molar-refractivity contribution < 1.29 is 9.15 Å². The molecular formula is C21H29IN6O2. The van der Waals surface area contributed by atoms with Crippen LogP contribution in [0.15, 0.2) is 58.1 Å². The number of nitrogens with zero attached hydrogens (tertiary/aromatic N) is 4. The van der Waals surface area contributed by atoms with E-state index in [9.17, 15) is 0 Å². The number of benzene rings is 1. The third-order valence-corrected chi connectivity index (χ3v) is 4.44. The normalized spacial score (nSPS) is 11.2. The molecule has 162 valence electrons. The van der Waals surface area contributed by atoms with Gasteiger partial charge in [-0.15, -0.1) is 34.2 Å². The van der Waals surface area contributed by atoms with E-state index >= 15 is 0 Å². The van der Waals surface area contributed by atoms with Crippen LogP contribution in [0, 0.1) is 6.92 Å². The van der Waals surface area contributed by atoms with Gasteiger partial charge in [-0.2, -0.15) is 0 Å². The minimum Gasteiger partial charge on any atom is -0.467 e. The van der Waals surface area contributed by atoms with Crippen LogP contribution in [-0.2, 0) is 31.5 Å². The van der Waals surface area contributed by atoms with Crippen LogP contribution >= 0.6 is 24.0 Å². The number of aliphatic imine (C=N–C) groups is 1. The second kappa shape index (κ2) is 13.0. The maximum absolute atomic E-state index is 5.62. The van der Waals surface area contributed by atoms with E-state index in [1.165, 1.54) is 0 Å². The second-order valence-corrected chi connectivity index (χ2v) is 6.64. The summed E-state index contributed by atoms with van der Waals surface area (Å²) in [6, 6.07) is 13.9. The first kappa shape index (κ1) is 23.9. The molecule has 2 heterocycles. The van der Waals surface area contributed by atoms with Gasteiger partial charge in [0.05, 0.1) is 19.4 Å². The van der Waals surface area contributed by atoms with Gasteiger partial charge in [0.15, 0.2) is 11.8 Å². The number of hydrogen-bond acceptors (Lipinski definition) is 5. The van der Waals surface area contributed by atoms with Gasteiger partial charge in [0, 0.05) is 20.2 Å². The van der Waals surface area contributed by atoms with Crippen molar-refractivity contribution in [2.45, 2.75) is 33.0 Å². The molecule has 0 saturated heterocycles. The Morgan fingerprint density at radius 2 is 1.97 bits per heavy atom. The van der Waals surface area contributed by atoms with Gasteiger partial charge in [-0.3, -0.25) is 0 Å². The third-order valence-electron chi connectivity index (χ3n) is 4.44. The SMILES string of the molecule is Cc1nnc(CNC(=NCc2ccccc2)NCCCOCc2ccco2)n1C.I. The minimum atomic E-state index is 0. The first-order valence-corrected chi connectivity index (χ1v) is 9.73. The Bertz CT molecular complexity index is 880. The summed E-state index contributed by atoms with van der Waals surface area (Å²) in [5.41, 5.74) is 1.16. The van der Waals surface area contributed by atoms with Crippen molar-refractivity contribution in [1.29, 1.82) is 0 Å². The van der Waals surface area contributed by atoms with Crippen molar-refractivity contribution in [3.63, 3.8) is 0 Å². The summed E-state index contributed by atoms with van der Waals surface area (Å²) in [5.74, 6) is 3.31. The van der Waals surface area contributed by atoms with Crippen LogP contribution < -0.4 is 10.6 Å². The fourth-order valence-electron chi connectivity index (χ4n) is 2.64. The predicted molar refractivity (Wildman–Crippen MR) is 127 cm³/mol. The molecule has 0 amide bonds. The Hall–Kier alpha value is -2.40. The number of hydrogen-bond donors (Lipinski definition) is 2. The zero-order chi connectivity index (χ0) is 20.3. The zero-order valence-corrected chi connectivity index (χ0v) is 19.7. The van der Waals surface area contributed by atoms with Crippen LogP contribution in [0.5, 0.6) is 0 Å². The first-order chi connectivity index (χ1) is 14.2. The van der Waals surface area contributed by atoms with E-state index in [2.05, 4.69) is 38.0 Å². The Balaban J connectivity index is 0.00000320. The molecule has 0 radical (unpaired) electrons. The van der Waals surface area contributed by atoms with Crippen molar-refractivity contribution in [1.82, 2.24) is 25.4 Å². The van der Waals surface area contributed by atoms with Gasteiger partial charge < -0.3 is 24.4 Å². The number of nitrogens with one attached hydrogen (secondary N) is 2. The molecule has 0 spiro atoms. The molecule has 30 heavy (non-hydrogen) atoms. The van der Waals surface area contributed by atoms with Gasteiger partial charge in [-0.25, -0.2) is 4.99 Å². The highest BCUT2D eigenvalue weighted by molar-refractivity contribution is 14.0. The molecule has 3 aromatic rings. The van der Waals surface area contributed by atoms with E-state index in [1.807, 2.05) is 48.9 Å². The highest BCUT2D eigenvalue weighted by atomic mass is 127. The molecular weight excluding hydrogens is 495 g/mol. The number of aryl methyl sites for hydroxylation is 1. The summed E-state index contributed by atoms with van der Waals surface area (Å²) in [6.45, 7) is 4.96. The lowest BCUT2D eigenvalue weighted by atomic mass is 10.2. The monoisotopic (exact) mass is 524 g/mol. The minimum absolute atomic E-state index is 0. The van der Waals surface area contributed by atoms with E-state index < -0.39 is 0 Å². The third kappa shape index (κ3) is 7.79. The lowest BCUT2D eigenvalue weighted by molar-refractivity contribution is 0.105. The topological polar surface area (TPSA) is 89.5 Å². The van der Waals surface area contributed by atoms with E-state index in [0.29, 0.717) is 26.3 Å². The summed E-state index contributed by atoms with van der Waals surface area (Å²) < 4.78 is 12.8. The molecule has 0 fully saturated rings. The Labute approximate surface area is 194 Å². The molecule has 0 aliphatic carbocycles. The fourth-order valence-corrected chi connectivity index (χ4v) is 2.64. The largest absolute Gasteiger partial charge is 0.467 e. The summed E-state index contributed by atoms with van der Waals surface area (Å²) in [5, 5.41) is 15.0. The summed E-state index contributed by atoms with van der Waals surface area (Å²) in [6.07, 6.45) is 2.51. The van der Waals surface area contributed by atoms with Crippen LogP contribution in [0.2, 0.25) is 0 Å². The number of rotatable bonds is 10. The van der Waals surface area contributed by atoms with Crippen LogP contribution in [-0.4, -0.2) is 33.9 Å².